The summed E-state index contributed by atoms with van der Waals surface area (Å²) >= 11 is 0. The van der Waals surface area contributed by atoms with Crippen LogP contribution in [-0.4, -0.2) is 99.6 Å². The van der Waals surface area contributed by atoms with E-state index in [1.165, 1.54) is 218 Å². The molecule has 0 saturated carbocycles. The number of carbonyl (C=O) groups is 2. The summed E-state index contributed by atoms with van der Waals surface area (Å²) in [6.45, 7) is 5.79. The molecule has 0 radical (unpaired) electrons. The zero-order chi connectivity index (χ0) is 62.4. The van der Waals surface area contributed by atoms with Crippen LogP contribution in [0.2, 0.25) is 0 Å². The molecule has 11 nitrogen and oxygen atoms in total. The maximum absolute atomic E-state index is 13.5. The number of unbranched alkanes of at least 4 members (excludes halogenated alkanes) is 41. The minimum Gasteiger partial charge on any atom is -0.454 e. The Hall–Kier alpha value is -2.64. The number of esters is 1. The quantitative estimate of drug-likeness (QED) is 0.0195. The second-order valence-electron chi connectivity index (χ2n) is 25.3. The number of aliphatic hydroxyl groups excluding tert-OH is 5. The van der Waals surface area contributed by atoms with Crippen molar-refractivity contribution in [1.29, 1.82) is 0 Å². The normalized spacial score (nSPS) is 18.6. The van der Waals surface area contributed by atoms with Gasteiger partial charge in [-0.2, -0.15) is 0 Å². The molecule has 0 aliphatic carbocycles. The predicted molar refractivity (Wildman–Crippen MR) is 361 cm³/mol. The molecule has 6 N–H and O–H groups in total. The lowest BCUT2D eigenvalue weighted by atomic mass is 9.99. The van der Waals surface area contributed by atoms with E-state index in [0.717, 1.165) is 77.0 Å². The highest BCUT2D eigenvalue weighted by Gasteiger charge is 2.47. The van der Waals surface area contributed by atoms with Crippen LogP contribution >= 0.6 is 0 Å². The summed E-state index contributed by atoms with van der Waals surface area (Å²) in [7, 11) is 0. The number of carbonyl (C=O) groups excluding carboxylic acids is 2. The van der Waals surface area contributed by atoms with Gasteiger partial charge in [-0.15, -0.1) is 0 Å². The van der Waals surface area contributed by atoms with Gasteiger partial charge in [-0.05, 0) is 70.6 Å². The maximum atomic E-state index is 13.5. The zero-order valence-corrected chi connectivity index (χ0v) is 55.9. The summed E-state index contributed by atoms with van der Waals surface area (Å²) in [5.74, 6) is -1.22. The van der Waals surface area contributed by atoms with E-state index in [4.69, 9.17) is 14.2 Å². The van der Waals surface area contributed by atoms with Crippen LogP contribution in [0.25, 0.3) is 0 Å². The van der Waals surface area contributed by atoms with Crippen LogP contribution in [0.5, 0.6) is 0 Å². The molecule has 1 aliphatic rings. The Labute approximate surface area is 528 Å². The smallest absolute Gasteiger partial charge is 0.306 e. The standard InChI is InChI=1S/C75H137NO10/c1-4-7-10-13-16-19-22-25-27-29-31-32-33-34-35-36-37-39-40-42-44-47-50-53-56-59-62-68(79)74(83)76-66(67(78)61-58-55-52-49-46-24-21-18-15-12-9-6-3)65-84-75-73(72(82)71(81)69(64-77)85-75)86-70(80)63-60-57-54-51-48-45-43-41-38-30-28-26-23-20-17-14-11-8-5-2/h17,20,26,28,38,41,45,48,58,61,66-69,71-73,75,77-79,81-82H,4-16,18-19,21-25,27,29-37,39-40,42-44,46-47,49-57,59-60,62-65H2,1-3H3,(H,76,83)/b20-17-,28-26-,41-38-,48-45-,61-58+. The topological polar surface area (TPSA) is 175 Å². The second kappa shape index (κ2) is 62.5. The first-order valence-corrected chi connectivity index (χ1v) is 36.6. The first-order chi connectivity index (χ1) is 42.2. The van der Waals surface area contributed by atoms with Crippen molar-refractivity contribution in [2.45, 2.75) is 391 Å². The lowest BCUT2D eigenvalue weighted by Crippen LogP contribution is -2.61. The molecule has 0 bridgehead atoms. The molecular formula is C75H137NO10. The van der Waals surface area contributed by atoms with Crippen LogP contribution in [0.15, 0.2) is 60.8 Å². The van der Waals surface area contributed by atoms with Gasteiger partial charge >= 0.3 is 5.97 Å². The largest absolute Gasteiger partial charge is 0.454 e. The lowest BCUT2D eigenvalue weighted by molar-refractivity contribution is -0.305. The number of allylic oxidation sites excluding steroid dienone is 9. The lowest BCUT2D eigenvalue weighted by Gasteiger charge is -2.41. The minimum atomic E-state index is -1.63. The Morgan fingerprint density at radius 3 is 1.22 bits per heavy atom. The number of nitrogens with one attached hydrogen (secondary N) is 1. The third kappa shape index (κ3) is 49.2. The number of hydrogen-bond donors (Lipinski definition) is 6. The number of amides is 1. The average molecular weight is 1210 g/mol. The first-order valence-electron chi connectivity index (χ1n) is 36.6. The van der Waals surface area contributed by atoms with E-state index in [1.807, 2.05) is 6.08 Å². The van der Waals surface area contributed by atoms with Crippen molar-refractivity contribution in [2.24, 2.45) is 0 Å². The summed E-state index contributed by atoms with van der Waals surface area (Å²) < 4.78 is 17.7. The van der Waals surface area contributed by atoms with Gasteiger partial charge < -0.3 is 45.1 Å². The fourth-order valence-corrected chi connectivity index (χ4v) is 11.4. The molecule has 1 aliphatic heterocycles. The first kappa shape index (κ1) is 81.4. The van der Waals surface area contributed by atoms with Gasteiger partial charge in [0.25, 0.3) is 0 Å². The summed E-state index contributed by atoms with van der Waals surface area (Å²) in [6.07, 6.45) is 69.9. The summed E-state index contributed by atoms with van der Waals surface area (Å²) in [5.41, 5.74) is 0. The third-order valence-electron chi connectivity index (χ3n) is 17.2. The Kier molecular flexibility index (Phi) is 59.2. The highest BCUT2D eigenvalue weighted by molar-refractivity contribution is 5.80. The Balaban J connectivity index is 2.56. The van der Waals surface area contributed by atoms with E-state index < -0.39 is 67.4 Å². The van der Waals surface area contributed by atoms with Crippen LogP contribution in [0.4, 0.5) is 0 Å². The summed E-state index contributed by atoms with van der Waals surface area (Å²) in [5, 5.41) is 57.2. The molecule has 1 rings (SSSR count). The molecule has 0 spiro atoms. The van der Waals surface area contributed by atoms with Crippen molar-refractivity contribution in [3.05, 3.63) is 60.8 Å². The van der Waals surface area contributed by atoms with Crippen molar-refractivity contribution in [1.82, 2.24) is 5.32 Å². The molecule has 1 heterocycles. The summed E-state index contributed by atoms with van der Waals surface area (Å²) in [4.78, 5) is 26.7. The zero-order valence-electron chi connectivity index (χ0n) is 55.9. The number of aliphatic hydroxyl groups is 5. The van der Waals surface area contributed by atoms with Crippen LogP contribution < -0.4 is 5.32 Å². The van der Waals surface area contributed by atoms with Crippen LogP contribution in [0, 0.1) is 0 Å². The van der Waals surface area contributed by atoms with Crippen LogP contribution in [-0.2, 0) is 23.8 Å². The van der Waals surface area contributed by atoms with Crippen molar-refractivity contribution in [3.63, 3.8) is 0 Å². The third-order valence-corrected chi connectivity index (χ3v) is 17.2. The van der Waals surface area contributed by atoms with Gasteiger partial charge in [0, 0.05) is 6.42 Å². The van der Waals surface area contributed by atoms with Crippen molar-refractivity contribution >= 4 is 11.9 Å². The van der Waals surface area contributed by atoms with Gasteiger partial charge in [-0.3, -0.25) is 9.59 Å². The molecule has 86 heavy (non-hydrogen) atoms. The average Bonchev–Trinajstić information content (AvgIpc) is 3.01. The van der Waals surface area contributed by atoms with Gasteiger partial charge in [-0.25, -0.2) is 0 Å². The van der Waals surface area contributed by atoms with Gasteiger partial charge in [0.05, 0.1) is 25.4 Å². The number of ether oxygens (including phenoxy) is 3. The Bertz CT molecular complexity index is 1630. The van der Waals surface area contributed by atoms with Crippen molar-refractivity contribution in [2.75, 3.05) is 13.2 Å². The van der Waals surface area contributed by atoms with Crippen LogP contribution in [0.3, 0.4) is 0 Å². The van der Waals surface area contributed by atoms with E-state index in [0.29, 0.717) is 19.3 Å². The maximum Gasteiger partial charge on any atom is 0.306 e. The van der Waals surface area contributed by atoms with E-state index >= 15 is 0 Å². The monoisotopic (exact) mass is 1210 g/mol. The van der Waals surface area contributed by atoms with Gasteiger partial charge in [0.15, 0.2) is 12.4 Å². The van der Waals surface area contributed by atoms with Gasteiger partial charge in [0.1, 0.15) is 24.4 Å². The highest BCUT2D eigenvalue weighted by atomic mass is 16.7. The molecule has 0 aromatic carbocycles. The molecule has 0 aromatic rings. The van der Waals surface area contributed by atoms with Crippen molar-refractivity contribution in [3.8, 4) is 0 Å². The Morgan fingerprint density at radius 2 is 0.802 bits per heavy atom. The molecule has 1 amide bonds. The highest BCUT2D eigenvalue weighted by Crippen LogP contribution is 2.26. The SMILES string of the molecule is CCCCC/C=C\C/C=C\C/C=C\C/C=C\CCCCCC(=O)OC1C(OCC(NC(=O)C(O)CCCCCCCCCCCCCCCCCCCCCCCCCCCC)C(O)/C=C/CCCCCCCCCCCC)OC(CO)C(O)C1O. The summed E-state index contributed by atoms with van der Waals surface area (Å²) in [6, 6.07) is -1.03. The van der Waals surface area contributed by atoms with E-state index in [9.17, 15) is 35.1 Å². The van der Waals surface area contributed by atoms with Crippen LogP contribution in [0.1, 0.15) is 342 Å². The molecule has 1 saturated heterocycles. The predicted octanol–water partition coefficient (Wildman–Crippen LogP) is 18.9. The van der Waals surface area contributed by atoms with E-state index in [-0.39, 0.29) is 13.0 Å². The van der Waals surface area contributed by atoms with Gasteiger partial charge in [-0.1, -0.05) is 326 Å². The van der Waals surface area contributed by atoms with Gasteiger partial charge in [0.2, 0.25) is 5.91 Å². The molecule has 11 heteroatoms. The van der Waals surface area contributed by atoms with E-state index in [2.05, 4.69) is 74.7 Å². The molecule has 1 fully saturated rings. The molecular weight excluding hydrogens is 1070 g/mol. The molecule has 0 aromatic heterocycles. The minimum absolute atomic E-state index is 0.0862. The molecule has 8 unspecified atom stereocenters. The molecule has 502 valence electrons. The fourth-order valence-electron chi connectivity index (χ4n) is 11.4. The number of hydrogen-bond acceptors (Lipinski definition) is 10. The fraction of sp³-hybridized carbons (Fsp3) is 0.840. The van der Waals surface area contributed by atoms with E-state index in [1.54, 1.807) is 6.08 Å². The Morgan fingerprint density at radius 1 is 0.453 bits per heavy atom. The molecule has 8 atom stereocenters. The number of rotatable bonds is 63. The second-order valence-corrected chi connectivity index (χ2v) is 25.3. The van der Waals surface area contributed by atoms with Crippen molar-refractivity contribution < 1.29 is 49.3 Å².